The summed E-state index contributed by atoms with van der Waals surface area (Å²) in [6.07, 6.45) is 0. The molecule has 0 saturated heterocycles. The largest absolute Gasteiger partial charge is 0.398 e. The summed E-state index contributed by atoms with van der Waals surface area (Å²) in [5.74, 6) is 5.30. The first-order chi connectivity index (χ1) is 9.01. The van der Waals surface area contributed by atoms with Crippen LogP contribution in [0.25, 0.3) is 0 Å². The summed E-state index contributed by atoms with van der Waals surface area (Å²) in [6, 6.07) is 10.1. The second-order valence-electron chi connectivity index (χ2n) is 4.79. The third-order valence-electron chi connectivity index (χ3n) is 3.10. The molecule has 1 unspecified atom stereocenters. The fraction of sp³-hybridized carbons (Fsp3) is 0.200. The van der Waals surface area contributed by atoms with Gasteiger partial charge in [0, 0.05) is 11.3 Å². The van der Waals surface area contributed by atoms with Crippen LogP contribution < -0.4 is 17.0 Å². The molecule has 1 atom stereocenters. The van der Waals surface area contributed by atoms with Crippen LogP contribution in [0.4, 0.5) is 10.1 Å². The maximum Gasteiger partial charge on any atom is 0.123 e. The van der Waals surface area contributed by atoms with Gasteiger partial charge in [-0.25, -0.2) is 9.82 Å². The van der Waals surface area contributed by atoms with Crippen molar-refractivity contribution in [2.45, 2.75) is 19.9 Å². The molecule has 0 saturated carbocycles. The lowest BCUT2D eigenvalue weighted by atomic mass is 9.95. The molecule has 100 valence electrons. The van der Waals surface area contributed by atoms with Gasteiger partial charge in [0.2, 0.25) is 0 Å². The van der Waals surface area contributed by atoms with Gasteiger partial charge in [0.1, 0.15) is 5.82 Å². The third-order valence-corrected chi connectivity index (χ3v) is 3.10. The summed E-state index contributed by atoms with van der Waals surface area (Å²) in [5.41, 5.74) is 13.0. The smallest absolute Gasteiger partial charge is 0.123 e. The third kappa shape index (κ3) is 2.92. The molecular weight excluding hydrogens is 241 g/mol. The summed E-state index contributed by atoms with van der Waals surface area (Å²) in [7, 11) is 0. The SMILES string of the molecule is Cc1cc(C)cc(C(NN)c2cc(F)ccc2N)c1. The fourth-order valence-corrected chi connectivity index (χ4v) is 2.34. The molecular formula is C15H18FN3. The number of nitrogen functional groups attached to an aromatic ring is 1. The van der Waals surface area contributed by atoms with E-state index < -0.39 is 0 Å². The van der Waals surface area contributed by atoms with Gasteiger partial charge in [-0.3, -0.25) is 5.84 Å². The van der Waals surface area contributed by atoms with Crippen molar-refractivity contribution >= 4 is 5.69 Å². The van der Waals surface area contributed by atoms with Gasteiger partial charge in [-0.1, -0.05) is 29.3 Å². The minimum Gasteiger partial charge on any atom is -0.398 e. The number of hydrazine groups is 1. The van der Waals surface area contributed by atoms with Gasteiger partial charge in [0.25, 0.3) is 0 Å². The molecule has 5 N–H and O–H groups in total. The van der Waals surface area contributed by atoms with Gasteiger partial charge in [0.05, 0.1) is 6.04 Å². The highest BCUT2D eigenvalue weighted by Crippen LogP contribution is 2.28. The number of benzene rings is 2. The van der Waals surface area contributed by atoms with Gasteiger partial charge >= 0.3 is 0 Å². The van der Waals surface area contributed by atoms with Crippen LogP contribution in [-0.4, -0.2) is 0 Å². The van der Waals surface area contributed by atoms with E-state index in [-0.39, 0.29) is 11.9 Å². The Labute approximate surface area is 112 Å². The van der Waals surface area contributed by atoms with Gasteiger partial charge < -0.3 is 5.73 Å². The molecule has 0 fully saturated rings. The molecule has 0 aliphatic rings. The van der Waals surface area contributed by atoms with Crippen molar-refractivity contribution in [3.8, 4) is 0 Å². The van der Waals surface area contributed by atoms with Crippen molar-refractivity contribution in [1.82, 2.24) is 5.43 Å². The predicted octanol–water partition coefficient (Wildman–Crippen LogP) is 2.58. The monoisotopic (exact) mass is 259 g/mol. The quantitative estimate of drug-likeness (QED) is 0.451. The Balaban J connectivity index is 2.52. The Morgan fingerprint density at radius 3 is 2.26 bits per heavy atom. The lowest BCUT2D eigenvalue weighted by molar-refractivity contribution is 0.606. The van der Waals surface area contributed by atoms with Crippen LogP contribution in [-0.2, 0) is 0 Å². The molecule has 2 aromatic carbocycles. The van der Waals surface area contributed by atoms with E-state index in [0.717, 1.165) is 16.7 Å². The maximum absolute atomic E-state index is 13.4. The van der Waals surface area contributed by atoms with Crippen molar-refractivity contribution in [1.29, 1.82) is 0 Å². The molecule has 4 heteroatoms. The van der Waals surface area contributed by atoms with Gasteiger partial charge in [0.15, 0.2) is 0 Å². The molecule has 0 spiro atoms. The van der Waals surface area contributed by atoms with Crippen molar-refractivity contribution in [3.05, 3.63) is 64.5 Å². The number of hydrogen-bond acceptors (Lipinski definition) is 3. The number of halogens is 1. The molecule has 0 aliphatic heterocycles. The Hall–Kier alpha value is -1.91. The Bertz CT molecular complexity index is 576. The van der Waals surface area contributed by atoms with E-state index in [1.807, 2.05) is 26.0 Å². The standard InChI is InChI=1S/C15H18FN3/c1-9-5-10(2)7-11(6-9)15(19-18)13-8-12(16)3-4-14(13)17/h3-8,15,19H,17-18H2,1-2H3. The Morgan fingerprint density at radius 1 is 1.05 bits per heavy atom. The van der Waals surface area contributed by atoms with Crippen LogP contribution in [0.5, 0.6) is 0 Å². The normalized spacial score (nSPS) is 12.4. The van der Waals surface area contributed by atoms with E-state index in [1.165, 1.54) is 12.1 Å². The molecule has 2 rings (SSSR count). The summed E-state index contributed by atoms with van der Waals surface area (Å²) in [6.45, 7) is 4.03. The molecule has 0 aliphatic carbocycles. The van der Waals surface area contributed by atoms with E-state index in [4.69, 9.17) is 11.6 Å². The van der Waals surface area contributed by atoms with Gasteiger partial charge in [-0.2, -0.15) is 0 Å². The number of hydrogen-bond donors (Lipinski definition) is 3. The summed E-state index contributed by atoms with van der Waals surface area (Å²) < 4.78 is 13.4. The summed E-state index contributed by atoms with van der Waals surface area (Å²) >= 11 is 0. The molecule has 3 nitrogen and oxygen atoms in total. The highest BCUT2D eigenvalue weighted by atomic mass is 19.1. The zero-order chi connectivity index (χ0) is 14.0. The van der Waals surface area contributed by atoms with Crippen molar-refractivity contribution in [3.63, 3.8) is 0 Å². The minimum atomic E-state index is -0.325. The summed E-state index contributed by atoms with van der Waals surface area (Å²) in [4.78, 5) is 0. The zero-order valence-corrected chi connectivity index (χ0v) is 11.1. The van der Waals surface area contributed by atoms with Gasteiger partial charge in [-0.15, -0.1) is 0 Å². The first-order valence-corrected chi connectivity index (χ1v) is 6.10. The second-order valence-corrected chi connectivity index (χ2v) is 4.79. The average molecular weight is 259 g/mol. The minimum absolute atomic E-state index is 0.325. The molecule has 0 heterocycles. The topological polar surface area (TPSA) is 64.1 Å². The van der Waals surface area contributed by atoms with E-state index in [1.54, 1.807) is 6.07 Å². The molecule has 19 heavy (non-hydrogen) atoms. The molecule has 2 aromatic rings. The highest BCUT2D eigenvalue weighted by Gasteiger charge is 2.16. The molecule has 0 radical (unpaired) electrons. The van der Waals surface area contributed by atoms with E-state index in [2.05, 4.69) is 11.5 Å². The number of rotatable bonds is 3. The first kappa shape index (κ1) is 13.5. The van der Waals surface area contributed by atoms with Crippen LogP contribution in [0.1, 0.15) is 28.3 Å². The molecule has 0 aromatic heterocycles. The lowest BCUT2D eigenvalue weighted by Gasteiger charge is -2.20. The molecule has 0 amide bonds. The predicted molar refractivity (Wildman–Crippen MR) is 75.9 cm³/mol. The maximum atomic E-state index is 13.4. The van der Waals surface area contributed by atoms with Crippen molar-refractivity contribution in [2.75, 3.05) is 5.73 Å². The van der Waals surface area contributed by atoms with Crippen molar-refractivity contribution < 1.29 is 4.39 Å². The number of anilines is 1. The zero-order valence-electron chi connectivity index (χ0n) is 11.1. The van der Waals surface area contributed by atoms with Crippen LogP contribution in [0.3, 0.4) is 0 Å². The lowest BCUT2D eigenvalue weighted by Crippen LogP contribution is -2.29. The van der Waals surface area contributed by atoms with Crippen LogP contribution in [0.15, 0.2) is 36.4 Å². The highest BCUT2D eigenvalue weighted by molar-refractivity contribution is 5.52. The number of aryl methyl sites for hydroxylation is 2. The van der Waals surface area contributed by atoms with E-state index in [0.29, 0.717) is 11.3 Å². The fourth-order valence-electron chi connectivity index (χ4n) is 2.34. The average Bonchev–Trinajstić information content (AvgIpc) is 2.33. The number of nitrogens with two attached hydrogens (primary N) is 2. The Morgan fingerprint density at radius 2 is 1.68 bits per heavy atom. The Kier molecular flexibility index (Phi) is 3.83. The van der Waals surface area contributed by atoms with E-state index >= 15 is 0 Å². The first-order valence-electron chi connectivity index (χ1n) is 6.10. The van der Waals surface area contributed by atoms with Crippen LogP contribution in [0.2, 0.25) is 0 Å². The molecule has 0 bridgehead atoms. The van der Waals surface area contributed by atoms with Crippen LogP contribution >= 0.6 is 0 Å². The number of nitrogens with one attached hydrogen (secondary N) is 1. The van der Waals surface area contributed by atoms with Crippen molar-refractivity contribution in [2.24, 2.45) is 5.84 Å². The second kappa shape index (κ2) is 5.38. The van der Waals surface area contributed by atoms with Crippen LogP contribution in [0, 0.1) is 19.7 Å². The van der Waals surface area contributed by atoms with E-state index in [9.17, 15) is 4.39 Å². The summed E-state index contributed by atoms with van der Waals surface area (Å²) in [5, 5.41) is 0. The van der Waals surface area contributed by atoms with Gasteiger partial charge in [-0.05, 0) is 37.6 Å².